The number of nitrogens with zero attached hydrogens (tertiary/aromatic N) is 1. The van der Waals surface area contributed by atoms with Gasteiger partial charge in [0, 0.05) is 39.5 Å². The van der Waals surface area contributed by atoms with E-state index in [-0.39, 0.29) is 11.4 Å². The standard InChI is InChI=1S/C16H27N2O7Si.Rf/c1-21-15-10-13(14(18(19)20)11-16(15)22-2)12-17-8-6-7-9-26(23-3,24-4)25-5;/h10-11,17H,2,6-9,12H2,1,3-5H3;/q-1;. The average molecular weight is 654 g/mol. The molecule has 1 rings (SSSR count). The number of nitrogens with one attached hydrogen (secondary N) is 1. The number of unbranched alkanes of at least 4 members (excludes halogenated alkanes) is 1. The molecular formula is C16H27N2O7RfSi-. The van der Waals surface area contributed by atoms with Crippen LogP contribution in [0.3, 0.4) is 0 Å². The number of rotatable bonds is 13. The Balaban J connectivity index is 0.00000676. The van der Waals surface area contributed by atoms with E-state index in [0.29, 0.717) is 30.4 Å². The largest absolute Gasteiger partial charge is 0.663 e. The molecule has 0 aliphatic heterocycles. The van der Waals surface area contributed by atoms with Crippen molar-refractivity contribution in [3.05, 3.63) is 34.9 Å². The summed E-state index contributed by atoms with van der Waals surface area (Å²) in [6.45, 7) is 1.03. The van der Waals surface area contributed by atoms with Crippen molar-refractivity contribution in [1.29, 1.82) is 0 Å². The van der Waals surface area contributed by atoms with E-state index in [4.69, 9.17) is 22.8 Å². The van der Waals surface area contributed by atoms with Crippen LogP contribution in [-0.2, 0) is 19.8 Å². The van der Waals surface area contributed by atoms with Gasteiger partial charge in [0.15, 0.2) is 5.75 Å². The topological polar surface area (TPSA) is 101 Å². The SMILES string of the molecule is [CH2-]Oc1cc([N+](=O)[O-])c(CNCCCC[Si](OC)(OC)OC)cc1OC.[Rf]. The third-order valence-electron chi connectivity index (χ3n) is 4.05. The third kappa shape index (κ3) is 6.50. The fourth-order valence-electron chi connectivity index (χ4n) is 2.55. The minimum atomic E-state index is -2.54. The summed E-state index contributed by atoms with van der Waals surface area (Å²) in [5.74, 6) is 0.626. The monoisotopic (exact) mass is 654 g/mol. The second-order valence-corrected chi connectivity index (χ2v) is 8.55. The summed E-state index contributed by atoms with van der Waals surface area (Å²) in [5, 5.41) is 14.5. The van der Waals surface area contributed by atoms with E-state index in [0.717, 1.165) is 12.8 Å². The average Bonchev–Trinajstić information content (AvgIpc) is 2.67. The van der Waals surface area contributed by atoms with E-state index in [2.05, 4.69) is 12.4 Å². The molecule has 0 amide bonds. The summed E-state index contributed by atoms with van der Waals surface area (Å²) in [7, 11) is 6.97. The summed E-state index contributed by atoms with van der Waals surface area (Å²) >= 11 is 0. The van der Waals surface area contributed by atoms with Gasteiger partial charge in [-0.2, -0.15) is 7.11 Å². The Morgan fingerprint density at radius 3 is 2.22 bits per heavy atom. The maximum Gasteiger partial charge on any atom is 0.500 e. The van der Waals surface area contributed by atoms with Crippen LogP contribution in [-0.4, -0.2) is 48.7 Å². The Morgan fingerprint density at radius 2 is 1.74 bits per heavy atom. The molecule has 0 saturated heterocycles. The first kappa shape index (κ1) is 24.3. The molecule has 0 fully saturated rings. The molecule has 150 valence electrons. The van der Waals surface area contributed by atoms with Crippen molar-refractivity contribution in [1.82, 2.24) is 5.32 Å². The number of nitro groups is 1. The van der Waals surface area contributed by atoms with E-state index in [1.54, 1.807) is 27.4 Å². The Kier molecular flexibility index (Phi) is 10.6. The molecule has 0 aromatic heterocycles. The Hall–Kier alpha value is -2.72. The minimum absolute atomic E-state index is 0. The predicted octanol–water partition coefficient (Wildman–Crippen LogP) is 2.52. The Morgan fingerprint density at radius 1 is 1.11 bits per heavy atom. The molecule has 0 unspecified atom stereocenters. The van der Waals surface area contributed by atoms with Gasteiger partial charge in [0.1, 0.15) is 5.75 Å². The molecule has 0 aliphatic rings. The number of nitro benzene ring substituents is 1. The molecule has 9 nitrogen and oxygen atoms in total. The van der Waals surface area contributed by atoms with Gasteiger partial charge in [-0.1, -0.05) is 0 Å². The summed E-state index contributed by atoms with van der Waals surface area (Å²) < 4.78 is 26.2. The van der Waals surface area contributed by atoms with Crippen molar-refractivity contribution in [3.8, 4) is 11.5 Å². The van der Waals surface area contributed by atoms with Crippen LogP contribution in [0.15, 0.2) is 12.1 Å². The molecule has 0 bridgehead atoms. The first-order chi connectivity index (χ1) is 12.5. The van der Waals surface area contributed by atoms with E-state index >= 15 is 0 Å². The molecule has 0 aliphatic carbocycles. The zero-order chi connectivity index (χ0) is 19.6. The molecule has 0 heterocycles. The number of hydrogen-bond acceptors (Lipinski definition) is 8. The molecule has 0 saturated carbocycles. The number of ether oxygens (including phenoxy) is 2. The molecular weight excluding hydrogens is 627 g/mol. The maximum absolute atomic E-state index is 11.3. The van der Waals surface area contributed by atoms with Gasteiger partial charge in [0.05, 0.1) is 18.1 Å². The normalized spacial score (nSPS) is 11.0. The molecule has 27 heavy (non-hydrogen) atoms. The van der Waals surface area contributed by atoms with Gasteiger partial charge in [-0.3, -0.25) is 10.1 Å². The van der Waals surface area contributed by atoms with Crippen LogP contribution in [0.25, 0.3) is 0 Å². The Labute approximate surface area is 155 Å². The molecule has 11 heteroatoms. The van der Waals surface area contributed by atoms with Crippen LogP contribution in [0.1, 0.15) is 18.4 Å². The zero-order valence-electron chi connectivity index (χ0n) is 16.4. The smallest absolute Gasteiger partial charge is 0.500 e. The fraction of sp³-hybridized carbons (Fsp3) is 0.562. The van der Waals surface area contributed by atoms with Gasteiger partial charge in [-0.05, 0) is 25.5 Å². The van der Waals surface area contributed by atoms with E-state index in [1.807, 2.05) is 0 Å². The Bertz CT molecular complexity index is 580. The summed E-state index contributed by atoms with van der Waals surface area (Å²) in [6, 6.07) is 3.62. The van der Waals surface area contributed by atoms with Crippen LogP contribution in [0.4, 0.5) is 5.69 Å². The van der Waals surface area contributed by atoms with Gasteiger partial charge in [-0.15, -0.1) is 0 Å². The van der Waals surface area contributed by atoms with Crippen LogP contribution >= 0.6 is 0 Å². The van der Waals surface area contributed by atoms with Gasteiger partial charge >= 0.3 is 8.80 Å². The van der Waals surface area contributed by atoms with Crippen LogP contribution < -0.4 is 14.8 Å². The van der Waals surface area contributed by atoms with Crippen molar-refractivity contribution in [2.75, 3.05) is 35.0 Å². The number of methoxy groups -OCH3 is 1. The van der Waals surface area contributed by atoms with Crippen LogP contribution in [0.2, 0.25) is 6.04 Å². The van der Waals surface area contributed by atoms with Crippen molar-refractivity contribution in [2.24, 2.45) is 0 Å². The second-order valence-electron chi connectivity index (χ2n) is 5.46. The molecule has 0 radical (unpaired) electrons. The molecule has 0 atom stereocenters. The van der Waals surface area contributed by atoms with Gasteiger partial charge in [-0.25, -0.2) is 0 Å². The summed E-state index contributed by atoms with van der Waals surface area (Å²) in [6.07, 6.45) is 1.71. The molecule has 1 aromatic carbocycles. The summed E-state index contributed by atoms with van der Waals surface area (Å²) in [4.78, 5) is 10.8. The van der Waals surface area contributed by atoms with Crippen LogP contribution in [0, 0.1) is 17.2 Å². The number of hydrogen-bond donors (Lipinski definition) is 1. The van der Waals surface area contributed by atoms with Crippen molar-refractivity contribution >= 4 is 14.5 Å². The fourth-order valence-corrected chi connectivity index (χ4v) is 4.34. The van der Waals surface area contributed by atoms with Gasteiger partial charge in [0.25, 0.3) is 5.69 Å². The maximum atomic E-state index is 11.3. The van der Waals surface area contributed by atoms with Gasteiger partial charge in [0.2, 0.25) is 0 Å². The summed E-state index contributed by atoms with van der Waals surface area (Å²) in [5.41, 5.74) is 0.476. The number of benzene rings is 1. The van der Waals surface area contributed by atoms with Gasteiger partial charge < -0.3 is 28.1 Å². The minimum Gasteiger partial charge on any atom is -0.663 e. The predicted molar refractivity (Wildman–Crippen MR) is 98.2 cm³/mol. The third-order valence-corrected chi connectivity index (χ3v) is 6.88. The molecule has 1 N–H and O–H groups in total. The molecule has 0 spiro atoms. The van der Waals surface area contributed by atoms with E-state index < -0.39 is 13.7 Å². The second kappa shape index (κ2) is 11.8. The quantitative estimate of drug-likeness (QED) is 0.114. The molecule has 1 aromatic rings. The van der Waals surface area contributed by atoms with Crippen molar-refractivity contribution in [2.45, 2.75) is 25.4 Å². The van der Waals surface area contributed by atoms with E-state index in [9.17, 15) is 10.1 Å². The zero-order valence-corrected chi connectivity index (χ0v) is 23.8. The first-order valence-corrected chi connectivity index (χ1v) is 10.0. The first-order valence-electron chi connectivity index (χ1n) is 8.10. The van der Waals surface area contributed by atoms with E-state index in [1.165, 1.54) is 13.2 Å². The van der Waals surface area contributed by atoms with Crippen molar-refractivity contribution < 1.29 is 27.7 Å². The van der Waals surface area contributed by atoms with Crippen LogP contribution in [0.5, 0.6) is 11.5 Å². The van der Waals surface area contributed by atoms with Crippen molar-refractivity contribution in [3.63, 3.8) is 0 Å².